The zero-order chi connectivity index (χ0) is 12.3. The summed E-state index contributed by atoms with van der Waals surface area (Å²) >= 11 is 0.932. The number of thioether (sulfide) groups is 1. The molecule has 2 amide bonds. The predicted octanol–water partition coefficient (Wildman–Crippen LogP) is 1.08. The van der Waals surface area contributed by atoms with Gasteiger partial charge in [0.1, 0.15) is 0 Å². The van der Waals surface area contributed by atoms with Crippen molar-refractivity contribution < 1.29 is 9.59 Å². The van der Waals surface area contributed by atoms with Gasteiger partial charge in [0.2, 0.25) is 0 Å². The smallest absolute Gasteiger partial charge is 0.293 e. The van der Waals surface area contributed by atoms with E-state index in [1.807, 2.05) is 6.07 Å². The molecule has 0 aliphatic carbocycles. The molecule has 1 aromatic heterocycles. The van der Waals surface area contributed by atoms with Crippen LogP contribution in [0, 0.1) is 0 Å². The highest BCUT2D eigenvalue weighted by atomic mass is 32.2. The number of nitrogens with two attached hydrogens (primary N) is 1. The molecule has 1 aliphatic heterocycles. The number of hydrogen-bond donors (Lipinski definition) is 1. The average Bonchev–Trinajstić information content (AvgIpc) is 2.59. The number of hydrogen-bond acceptors (Lipinski definition) is 5. The second-order valence-electron chi connectivity index (χ2n) is 3.41. The van der Waals surface area contributed by atoms with Crippen molar-refractivity contribution in [1.29, 1.82) is 0 Å². The van der Waals surface area contributed by atoms with Gasteiger partial charge >= 0.3 is 0 Å². The highest BCUT2D eigenvalue weighted by Crippen LogP contribution is 2.31. The third-order valence-electron chi connectivity index (χ3n) is 2.21. The van der Waals surface area contributed by atoms with Gasteiger partial charge < -0.3 is 5.73 Å². The van der Waals surface area contributed by atoms with Gasteiger partial charge in [0.25, 0.3) is 11.1 Å². The van der Waals surface area contributed by atoms with Gasteiger partial charge in [0.05, 0.1) is 4.91 Å². The number of pyridine rings is 1. The van der Waals surface area contributed by atoms with Crippen LogP contribution in [-0.2, 0) is 4.79 Å². The van der Waals surface area contributed by atoms with Crippen LogP contribution in [0.3, 0.4) is 0 Å². The second-order valence-corrected chi connectivity index (χ2v) is 4.40. The van der Waals surface area contributed by atoms with Crippen molar-refractivity contribution >= 4 is 29.0 Å². The maximum atomic E-state index is 11.9. The Morgan fingerprint density at radius 2 is 2.29 bits per heavy atom. The van der Waals surface area contributed by atoms with E-state index < -0.39 is 0 Å². The molecule has 1 saturated heterocycles. The standard InChI is InChI=1S/C11H11N3O2S/c12-3-5-14-10(15)9(17-11(14)16)6-8-2-1-4-13-7-8/h1-2,4,6-7H,3,5,12H2. The van der Waals surface area contributed by atoms with Crippen LogP contribution < -0.4 is 5.73 Å². The van der Waals surface area contributed by atoms with Crippen molar-refractivity contribution in [3.8, 4) is 0 Å². The van der Waals surface area contributed by atoms with E-state index in [0.717, 1.165) is 22.2 Å². The molecule has 5 nitrogen and oxygen atoms in total. The van der Waals surface area contributed by atoms with E-state index in [9.17, 15) is 9.59 Å². The number of carbonyl (C=O) groups excluding carboxylic acids is 2. The number of imide groups is 1. The van der Waals surface area contributed by atoms with Gasteiger partial charge in [-0.25, -0.2) is 0 Å². The Balaban J connectivity index is 2.22. The normalized spacial score (nSPS) is 18.2. The van der Waals surface area contributed by atoms with Crippen LogP contribution in [0.25, 0.3) is 6.08 Å². The molecule has 0 unspecified atom stereocenters. The molecule has 0 radical (unpaired) electrons. The van der Waals surface area contributed by atoms with Crippen molar-refractivity contribution in [3.05, 3.63) is 35.0 Å². The third-order valence-corrected chi connectivity index (χ3v) is 3.12. The maximum Gasteiger partial charge on any atom is 0.293 e. The summed E-state index contributed by atoms with van der Waals surface area (Å²) in [5, 5.41) is -0.268. The van der Waals surface area contributed by atoms with Gasteiger partial charge in [-0.05, 0) is 29.5 Å². The van der Waals surface area contributed by atoms with E-state index >= 15 is 0 Å². The first-order valence-corrected chi connectivity index (χ1v) is 5.89. The minimum Gasteiger partial charge on any atom is -0.329 e. The molecule has 0 bridgehead atoms. The molecule has 0 saturated carbocycles. The van der Waals surface area contributed by atoms with Crippen LogP contribution in [0.15, 0.2) is 29.4 Å². The first kappa shape index (κ1) is 11.8. The van der Waals surface area contributed by atoms with Crippen molar-refractivity contribution in [2.75, 3.05) is 13.1 Å². The number of carbonyl (C=O) groups is 2. The van der Waals surface area contributed by atoms with Gasteiger partial charge in [-0.1, -0.05) is 6.07 Å². The SMILES string of the molecule is NCCN1C(=O)SC(=Cc2cccnc2)C1=O. The Labute approximate surface area is 103 Å². The minimum absolute atomic E-state index is 0.259. The van der Waals surface area contributed by atoms with E-state index in [0.29, 0.717) is 4.91 Å². The molecule has 2 heterocycles. The highest BCUT2D eigenvalue weighted by Gasteiger charge is 2.34. The summed E-state index contributed by atoms with van der Waals surface area (Å²) in [6.07, 6.45) is 4.95. The van der Waals surface area contributed by atoms with Crippen molar-refractivity contribution in [3.63, 3.8) is 0 Å². The highest BCUT2D eigenvalue weighted by molar-refractivity contribution is 8.18. The molecule has 0 atom stereocenters. The molecule has 0 aromatic carbocycles. The molecule has 1 aliphatic rings. The van der Waals surface area contributed by atoms with Crippen LogP contribution in [-0.4, -0.2) is 34.1 Å². The van der Waals surface area contributed by atoms with E-state index in [2.05, 4.69) is 4.98 Å². The summed E-state index contributed by atoms with van der Waals surface area (Å²) in [4.78, 5) is 28.9. The third kappa shape index (κ3) is 2.54. The lowest BCUT2D eigenvalue weighted by Crippen LogP contribution is -2.33. The Kier molecular flexibility index (Phi) is 3.55. The first-order chi connectivity index (χ1) is 8.22. The van der Waals surface area contributed by atoms with Crippen molar-refractivity contribution in [2.45, 2.75) is 0 Å². The molecule has 88 valence electrons. The fourth-order valence-electron chi connectivity index (χ4n) is 1.43. The fourth-order valence-corrected chi connectivity index (χ4v) is 2.30. The molecule has 2 rings (SSSR count). The molecule has 17 heavy (non-hydrogen) atoms. The van der Waals surface area contributed by atoms with E-state index in [-0.39, 0.29) is 24.2 Å². The lowest BCUT2D eigenvalue weighted by Gasteiger charge is -2.09. The Morgan fingerprint density at radius 1 is 1.47 bits per heavy atom. The van der Waals surface area contributed by atoms with Crippen LogP contribution in [0.1, 0.15) is 5.56 Å². The summed E-state index contributed by atoms with van der Waals surface area (Å²) in [7, 11) is 0. The van der Waals surface area contributed by atoms with Gasteiger partial charge in [-0.3, -0.25) is 19.5 Å². The average molecular weight is 249 g/mol. The largest absolute Gasteiger partial charge is 0.329 e. The summed E-state index contributed by atoms with van der Waals surface area (Å²) < 4.78 is 0. The number of aromatic nitrogens is 1. The van der Waals surface area contributed by atoms with E-state index in [4.69, 9.17) is 5.73 Å². The van der Waals surface area contributed by atoms with Gasteiger partial charge in [-0.2, -0.15) is 0 Å². The molecular weight excluding hydrogens is 238 g/mol. The molecule has 0 spiro atoms. The molecular formula is C11H11N3O2S. The topological polar surface area (TPSA) is 76.3 Å². The second kappa shape index (κ2) is 5.11. The summed E-state index contributed by atoms with van der Waals surface area (Å²) in [6, 6.07) is 3.60. The summed E-state index contributed by atoms with van der Waals surface area (Å²) in [6.45, 7) is 0.535. The van der Waals surface area contributed by atoms with Crippen molar-refractivity contribution in [2.24, 2.45) is 5.73 Å². The quantitative estimate of drug-likeness (QED) is 0.811. The molecule has 1 fully saturated rings. The molecule has 2 N–H and O–H groups in total. The maximum absolute atomic E-state index is 11.9. The number of rotatable bonds is 3. The molecule has 6 heteroatoms. The first-order valence-electron chi connectivity index (χ1n) is 5.08. The Hall–Kier alpha value is -1.66. The lowest BCUT2D eigenvalue weighted by atomic mass is 10.2. The minimum atomic E-state index is -0.283. The predicted molar refractivity (Wildman–Crippen MR) is 66.0 cm³/mol. The number of amides is 2. The molecule has 1 aromatic rings. The zero-order valence-corrected chi connectivity index (χ0v) is 9.81. The van der Waals surface area contributed by atoms with Gasteiger partial charge in [-0.15, -0.1) is 0 Å². The van der Waals surface area contributed by atoms with Crippen LogP contribution >= 0.6 is 11.8 Å². The fraction of sp³-hybridized carbons (Fsp3) is 0.182. The number of nitrogens with zero attached hydrogens (tertiary/aromatic N) is 2. The zero-order valence-electron chi connectivity index (χ0n) is 9.00. The lowest BCUT2D eigenvalue weighted by molar-refractivity contribution is -0.122. The van der Waals surface area contributed by atoms with Crippen molar-refractivity contribution in [1.82, 2.24) is 9.88 Å². The Morgan fingerprint density at radius 3 is 2.94 bits per heavy atom. The van der Waals surface area contributed by atoms with E-state index in [1.165, 1.54) is 0 Å². The van der Waals surface area contributed by atoms with Crippen LogP contribution in [0.5, 0.6) is 0 Å². The van der Waals surface area contributed by atoms with Crippen LogP contribution in [0.4, 0.5) is 4.79 Å². The van der Waals surface area contributed by atoms with E-state index in [1.54, 1.807) is 24.5 Å². The monoisotopic (exact) mass is 249 g/mol. The summed E-state index contributed by atoms with van der Waals surface area (Å²) in [5.41, 5.74) is 6.14. The van der Waals surface area contributed by atoms with Gasteiger partial charge in [0.15, 0.2) is 0 Å². The Bertz CT molecular complexity index is 473. The van der Waals surface area contributed by atoms with Gasteiger partial charge in [0, 0.05) is 25.5 Å². The van der Waals surface area contributed by atoms with Crippen LogP contribution in [0.2, 0.25) is 0 Å². The summed E-state index contributed by atoms with van der Waals surface area (Å²) in [5.74, 6) is -0.283.